The first kappa shape index (κ1) is 19.2. The number of aliphatic carboxylic acids is 1. The smallest absolute Gasteiger partial charge is 0.303 e. The molecule has 3 atom stereocenters. The molecule has 2 amide bonds. The van der Waals surface area contributed by atoms with Gasteiger partial charge in [-0.25, -0.2) is 0 Å². The van der Waals surface area contributed by atoms with Crippen LogP contribution in [-0.2, 0) is 9.59 Å². The lowest BCUT2D eigenvalue weighted by Gasteiger charge is -2.30. The van der Waals surface area contributed by atoms with Crippen LogP contribution >= 0.6 is 0 Å². The maximum atomic E-state index is 13.2. The lowest BCUT2D eigenvalue weighted by Crippen LogP contribution is -2.37. The molecule has 2 aliphatic heterocycles. The van der Waals surface area contributed by atoms with E-state index in [9.17, 15) is 14.4 Å². The standard InChI is InChI=1S/C22H25N3O4/c1-14-5-2-3-6-16(14)21-17-13-24(19(26)8-9-20(27)28)11-15(17)12-25(21)22(29)18-7-4-10-23-18/h2-7,10,15,17,21,23H,8-9,11-13H2,1H3,(H,27,28)/t15-,17-,21+/m0/s1. The van der Waals surface area contributed by atoms with Gasteiger partial charge in [0.1, 0.15) is 5.69 Å². The van der Waals surface area contributed by atoms with Crippen LogP contribution in [0.3, 0.4) is 0 Å². The lowest BCUT2D eigenvalue weighted by atomic mass is 9.87. The number of nitrogens with one attached hydrogen (secondary N) is 1. The summed E-state index contributed by atoms with van der Waals surface area (Å²) < 4.78 is 0. The predicted octanol–water partition coefficient (Wildman–Crippen LogP) is 2.46. The molecule has 3 heterocycles. The van der Waals surface area contributed by atoms with Crippen LogP contribution < -0.4 is 0 Å². The molecule has 2 N–H and O–H groups in total. The van der Waals surface area contributed by atoms with E-state index in [4.69, 9.17) is 5.11 Å². The Morgan fingerprint density at radius 1 is 1.07 bits per heavy atom. The van der Waals surface area contributed by atoms with Gasteiger partial charge in [-0.05, 0) is 30.2 Å². The number of hydrogen-bond acceptors (Lipinski definition) is 3. The molecule has 7 nitrogen and oxygen atoms in total. The summed E-state index contributed by atoms with van der Waals surface area (Å²) >= 11 is 0. The molecule has 0 spiro atoms. The molecule has 0 bridgehead atoms. The number of benzene rings is 1. The minimum atomic E-state index is -0.960. The van der Waals surface area contributed by atoms with Crippen molar-refractivity contribution in [2.24, 2.45) is 11.8 Å². The van der Waals surface area contributed by atoms with E-state index in [1.165, 1.54) is 0 Å². The molecule has 1 aromatic carbocycles. The number of amides is 2. The Morgan fingerprint density at radius 2 is 1.86 bits per heavy atom. The number of rotatable bonds is 5. The molecule has 1 aromatic heterocycles. The molecular formula is C22H25N3O4. The van der Waals surface area contributed by atoms with Crippen LogP contribution in [0.1, 0.15) is 40.5 Å². The molecule has 7 heteroatoms. The molecule has 2 aromatic rings. The minimum absolute atomic E-state index is 0.0227. The van der Waals surface area contributed by atoms with Crippen LogP contribution in [-0.4, -0.2) is 57.3 Å². The van der Waals surface area contributed by atoms with Crippen molar-refractivity contribution in [2.75, 3.05) is 19.6 Å². The average Bonchev–Trinajstić information content (AvgIpc) is 3.42. The highest BCUT2D eigenvalue weighted by molar-refractivity contribution is 5.93. The number of nitrogens with zero attached hydrogens (tertiary/aromatic N) is 2. The summed E-state index contributed by atoms with van der Waals surface area (Å²) in [6.45, 7) is 3.76. The third-order valence-corrected chi connectivity index (χ3v) is 6.17. The van der Waals surface area contributed by atoms with E-state index in [0.717, 1.165) is 11.1 Å². The number of fused-ring (bicyclic) bond motifs is 1. The number of H-pyrrole nitrogens is 1. The number of hydrogen-bond donors (Lipinski definition) is 2. The average molecular weight is 395 g/mol. The lowest BCUT2D eigenvalue weighted by molar-refractivity contribution is -0.140. The zero-order valence-electron chi connectivity index (χ0n) is 16.4. The van der Waals surface area contributed by atoms with Gasteiger partial charge in [-0.3, -0.25) is 14.4 Å². The SMILES string of the molecule is Cc1ccccc1[C@@H]1[C@H]2CN(C(=O)CCC(=O)O)C[C@H]2CN1C(=O)c1ccc[nH]1. The summed E-state index contributed by atoms with van der Waals surface area (Å²) in [6.07, 6.45) is 1.62. The van der Waals surface area contributed by atoms with Gasteiger partial charge in [0.15, 0.2) is 0 Å². The van der Waals surface area contributed by atoms with Crippen molar-refractivity contribution in [1.29, 1.82) is 0 Å². The first-order chi connectivity index (χ1) is 14.0. The van der Waals surface area contributed by atoms with Crippen molar-refractivity contribution in [2.45, 2.75) is 25.8 Å². The van der Waals surface area contributed by atoms with Crippen molar-refractivity contribution in [3.63, 3.8) is 0 Å². The molecular weight excluding hydrogens is 370 g/mol. The summed E-state index contributed by atoms with van der Waals surface area (Å²) in [5, 5.41) is 8.86. The van der Waals surface area contributed by atoms with Crippen LogP contribution in [0, 0.1) is 18.8 Å². The topological polar surface area (TPSA) is 93.7 Å². The minimum Gasteiger partial charge on any atom is -0.481 e. The fourth-order valence-electron chi connectivity index (χ4n) is 4.76. The fourth-order valence-corrected chi connectivity index (χ4v) is 4.76. The van der Waals surface area contributed by atoms with E-state index >= 15 is 0 Å². The van der Waals surface area contributed by atoms with E-state index in [0.29, 0.717) is 25.3 Å². The second-order valence-electron chi connectivity index (χ2n) is 7.96. The number of likely N-dealkylation sites (tertiary alicyclic amines) is 2. The van der Waals surface area contributed by atoms with Crippen molar-refractivity contribution in [3.05, 3.63) is 59.4 Å². The number of carbonyl (C=O) groups excluding carboxylic acids is 2. The number of carboxylic acid groups (broad SMARTS) is 1. The quantitative estimate of drug-likeness (QED) is 0.813. The first-order valence-corrected chi connectivity index (χ1v) is 9.95. The summed E-state index contributed by atoms with van der Waals surface area (Å²) in [6, 6.07) is 11.6. The molecule has 0 saturated carbocycles. The third kappa shape index (κ3) is 3.64. The molecule has 152 valence electrons. The molecule has 29 heavy (non-hydrogen) atoms. The number of aryl methyl sites for hydroxylation is 1. The van der Waals surface area contributed by atoms with Crippen molar-refractivity contribution >= 4 is 17.8 Å². The van der Waals surface area contributed by atoms with Gasteiger partial charge in [0, 0.05) is 44.1 Å². The van der Waals surface area contributed by atoms with Crippen LogP contribution in [0.25, 0.3) is 0 Å². The second kappa shape index (κ2) is 7.73. The van der Waals surface area contributed by atoms with Gasteiger partial charge in [-0.2, -0.15) is 0 Å². The Hall–Kier alpha value is -3.09. The van der Waals surface area contributed by atoms with Gasteiger partial charge in [-0.15, -0.1) is 0 Å². The van der Waals surface area contributed by atoms with Gasteiger partial charge in [0.2, 0.25) is 5.91 Å². The maximum Gasteiger partial charge on any atom is 0.303 e. The molecule has 2 aliphatic rings. The van der Waals surface area contributed by atoms with E-state index < -0.39 is 5.97 Å². The molecule has 0 radical (unpaired) electrons. The maximum absolute atomic E-state index is 13.2. The Labute approximate surface area is 169 Å². The van der Waals surface area contributed by atoms with Crippen LogP contribution in [0.4, 0.5) is 0 Å². The van der Waals surface area contributed by atoms with Gasteiger partial charge < -0.3 is 19.9 Å². The zero-order valence-corrected chi connectivity index (χ0v) is 16.4. The normalized spacial score (nSPS) is 23.3. The summed E-state index contributed by atoms with van der Waals surface area (Å²) in [4.78, 5) is 43.2. The Bertz CT molecular complexity index is 924. The van der Waals surface area contributed by atoms with Gasteiger partial charge >= 0.3 is 5.97 Å². The zero-order chi connectivity index (χ0) is 20.5. The van der Waals surface area contributed by atoms with E-state index in [-0.39, 0.29) is 42.5 Å². The molecule has 0 aliphatic carbocycles. The monoisotopic (exact) mass is 395 g/mol. The summed E-state index contributed by atoms with van der Waals surface area (Å²) in [5.74, 6) is -0.775. The molecule has 2 fully saturated rings. The van der Waals surface area contributed by atoms with Crippen LogP contribution in [0.2, 0.25) is 0 Å². The Balaban J connectivity index is 1.60. The van der Waals surface area contributed by atoms with Crippen molar-refractivity contribution < 1.29 is 19.5 Å². The summed E-state index contributed by atoms with van der Waals surface area (Å²) in [5.41, 5.74) is 2.80. The number of carboxylic acids is 1. The Morgan fingerprint density at radius 3 is 2.55 bits per heavy atom. The highest BCUT2D eigenvalue weighted by Gasteiger charge is 2.50. The Kier molecular flexibility index (Phi) is 5.13. The number of aromatic nitrogens is 1. The number of aromatic amines is 1. The van der Waals surface area contributed by atoms with Gasteiger partial charge in [-0.1, -0.05) is 24.3 Å². The van der Waals surface area contributed by atoms with E-state index in [1.54, 1.807) is 17.2 Å². The first-order valence-electron chi connectivity index (χ1n) is 9.95. The van der Waals surface area contributed by atoms with Crippen molar-refractivity contribution in [3.8, 4) is 0 Å². The van der Waals surface area contributed by atoms with Crippen molar-refractivity contribution in [1.82, 2.24) is 14.8 Å². The van der Waals surface area contributed by atoms with Crippen LogP contribution in [0.15, 0.2) is 42.6 Å². The van der Waals surface area contributed by atoms with Gasteiger partial charge in [0.05, 0.1) is 12.5 Å². The van der Waals surface area contributed by atoms with E-state index in [1.807, 2.05) is 36.1 Å². The largest absolute Gasteiger partial charge is 0.481 e. The fraction of sp³-hybridized carbons (Fsp3) is 0.409. The third-order valence-electron chi connectivity index (χ3n) is 6.17. The molecule has 0 unspecified atom stereocenters. The highest BCUT2D eigenvalue weighted by Crippen LogP contribution is 2.46. The second-order valence-corrected chi connectivity index (χ2v) is 7.96. The molecule has 2 saturated heterocycles. The van der Waals surface area contributed by atoms with Crippen LogP contribution in [0.5, 0.6) is 0 Å². The number of carbonyl (C=O) groups is 3. The highest BCUT2D eigenvalue weighted by atomic mass is 16.4. The van der Waals surface area contributed by atoms with Gasteiger partial charge in [0.25, 0.3) is 5.91 Å². The van der Waals surface area contributed by atoms with E-state index in [2.05, 4.69) is 11.1 Å². The summed E-state index contributed by atoms with van der Waals surface area (Å²) in [7, 11) is 0. The molecule has 4 rings (SSSR count). The predicted molar refractivity (Wildman–Crippen MR) is 106 cm³/mol.